The lowest BCUT2D eigenvalue weighted by atomic mass is 10.2. The third-order valence-electron chi connectivity index (χ3n) is 4.78. The number of hydrogen-bond donors (Lipinski definition) is 2. The van der Waals surface area contributed by atoms with E-state index in [1.165, 1.54) is 48.0 Å². The molecule has 2 aromatic carbocycles. The van der Waals surface area contributed by atoms with Crippen LogP contribution in [0.2, 0.25) is 0 Å². The van der Waals surface area contributed by atoms with Crippen LogP contribution in [0, 0.1) is 0 Å². The van der Waals surface area contributed by atoms with Crippen LogP contribution in [0.1, 0.15) is 29.6 Å². The number of rotatable bonds is 9. The van der Waals surface area contributed by atoms with Gasteiger partial charge < -0.3 is 15.2 Å². The van der Waals surface area contributed by atoms with Crippen molar-refractivity contribution in [3.05, 3.63) is 60.2 Å². The van der Waals surface area contributed by atoms with Gasteiger partial charge in [-0.05, 0) is 42.8 Å². The van der Waals surface area contributed by atoms with Gasteiger partial charge in [-0.1, -0.05) is 30.0 Å². The Labute approximate surface area is 194 Å². The fourth-order valence-corrected chi connectivity index (χ4v) is 4.29. The van der Waals surface area contributed by atoms with Crippen LogP contribution in [-0.2, 0) is 19.1 Å². The van der Waals surface area contributed by atoms with Crippen molar-refractivity contribution < 1.29 is 29.0 Å². The molecule has 1 heterocycles. The van der Waals surface area contributed by atoms with Gasteiger partial charge in [0.2, 0.25) is 11.8 Å². The first-order chi connectivity index (χ1) is 15.9. The molecule has 0 saturated carbocycles. The third-order valence-corrected chi connectivity index (χ3v) is 5.95. The van der Waals surface area contributed by atoms with Gasteiger partial charge in [0.25, 0.3) is 0 Å². The predicted molar refractivity (Wildman–Crippen MR) is 125 cm³/mol. The summed E-state index contributed by atoms with van der Waals surface area (Å²) in [7, 11) is 1.31. The summed E-state index contributed by atoms with van der Waals surface area (Å²) in [5.41, 5.74) is 1.22. The number of nitrogens with one attached hydrogen (secondary N) is 1. The van der Waals surface area contributed by atoms with Crippen LogP contribution in [0.25, 0.3) is 0 Å². The monoisotopic (exact) mass is 469 g/mol. The molecule has 0 spiro atoms. The maximum atomic E-state index is 13.0. The first kappa shape index (κ1) is 24.0. The molecule has 1 fully saturated rings. The number of thioether (sulfide) groups is 1. The molecule has 0 aliphatic carbocycles. The SMILES string of the molecule is COC(=O)CCCN1C(=O)[C@@H](CC(=O)Nc2ccc(C(=O)O)cc2)SC1=Nc1ccccc1. The van der Waals surface area contributed by atoms with Crippen molar-refractivity contribution >= 4 is 52.1 Å². The summed E-state index contributed by atoms with van der Waals surface area (Å²) in [6.45, 7) is 0.279. The molecule has 172 valence electrons. The van der Waals surface area contributed by atoms with Crippen LogP contribution in [-0.4, -0.2) is 57.8 Å². The molecule has 3 rings (SSSR count). The highest BCUT2D eigenvalue weighted by Crippen LogP contribution is 2.32. The summed E-state index contributed by atoms with van der Waals surface area (Å²) in [5, 5.41) is 11.5. The molecule has 0 unspecified atom stereocenters. The maximum Gasteiger partial charge on any atom is 0.335 e. The standard InChI is InChI=1S/C23H23N3O6S/c1-32-20(28)8-5-13-26-21(29)18(33-23(26)25-16-6-3-2-4-7-16)14-19(27)24-17-11-9-15(10-12-17)22(30)31/h2-4,6-7,9-12,18H,5,8,13-14H2,1H3,(H,24,27)(H,30,31)/t18-/m1/s1. The molecule has 2 aromatic rings. The summed E-state index contributed by atoms with van der Waals surface area (Å²) < 4.78 is 4.65. The fourth-order valence-electron chi connectivity index (χ4n) is 3.10. The Kier molecular flexibility index (Phi) is 8.20. The van der Waals surface area contributed by atoms with Gasteiger partial charge in [0.1, 0.15) is 5.25 Å². The zero-order valence-electron chi connectivity index (χ0n) is 17.9. The van der Waals surface area contributed by atoms with Gasteiger partial charge in [-0.3, -0.25) is 19.3 Å². The second kappa shape index (κ2) is 11.3. The van der Waals surface area contributed by atoms with E-state index in [2.05, 4.69) is 15.0 Å². The molecular weight excluding hydrogens is 446 g/mol. The number of carbonyl (C=O) groups is 4. The number of aliphatic imine (C=N–C) groups is 1. The van der Waals surface area contributed by atoms with E-state index in [1.54, 1.807) is 0 Å². The lowest BCUT2D eigenvalue weighted by Crippen LogP contribution is -2.34. The molecule has 0 aromatic heterocycles. The van der Waals surface area contributed by atoms with Crippen LogP contribution >= 0.6 is 11.8 Å². The smallest absolute Gasteiger partial charge is 0.335 e. The van der Waals surface area contributed by atoms with Gasteiger partial charge >= 0.3 is 11.9 Å². The highest BCUT2D eigenvalue weighted by atomic mass is 32.2. The van der Waals surface area contributed by atoms with Crippen molar-refractivity contribution in [2.75, 3.05) is 19.0 Å². The molecule has 1 aliphatic rings. The maximum absolute atomic E-state index is 13.0. The summed E-state index contributed by atoms with van der Waals surface area (Å²) in [6, 6.07) is 14.9. The molecule has 10 heteroatoms. The van der Waals surface area contributed by atoms with Crippen LogP contribution in [0.4, 0.5) is 11.4 Å². The lowest BCUT2D eigenvalue weighted by molar-refractivity contribution is -0.141. The Morgan fingerprint density at radius 3 is 2.45 bits per heavy atom. The first-order valence-electron chi connectivity index (χ1n) is 10.2. The molecule has 0 bridgehead atoms. The topological polar surface area (TPSA) is 125 Å². The molecule has 2 N–H and O–H groups in total. The second-order valence-corrected chi connectivity index (χ2v) is 8.31. The van der Waals surface area contributed by atoms with Gasteiger partial charge in [0.05, 0.1) is 18.4 Å². The zero-order chi connectivity index (χ0) is 23.8. The van der Waals surface area contributed by atoms with Crippen molar-refractivity contribution in [3.8, 4) is 0 Å². The summed E-state index contributed by atoms with van der Waals surface area (Å²) in [5.74, 6) is -2.05. The number of amidine groups is 1. The molecule has 1 aliphatic heterocycles. The van der Waals surface area contributed by atoms with E-state index < -0.39 is 11.2 Å². The minimum Gasteiger partial charge on any atom is -0.478 e. The van der Waals surface area contributed by atoms with E-state index in [4.69, 9.17) is 5.11 Å². The van der Waals surface area contributed by atoms with E-state index in [-0.39, 0.29) is 42.7 Å². The number of amides is 2. The number of methoxy groups -OCH3 is 1. The Morgan fingerprint density at radius 2 is 1.82 bits per heavy atom. The highest BCUT2D eigenvalue weighted by molar-refractivity contribution is 8.15. The van der Waals surface area contributed by atoms with Gasteiger partial charge in [0.15, 0.2) is 5.17 Å². The van der Waals surface area contributed by atoms with Gasteiger partial charge in [0, 0.05) is 25.1 Å². The second-order valence-electron chi connectivity index (χ2n) is 7.14. The normalized spacial score (nSPS) is 16.6. The minimum absolute atomic E-state index is 0.0779. The number of anilines is 1. The highest BCUT2D eigenvalue weighted by Gasteiger charge is 2.39. The number of carboxylic acids is 1. The average molecular weight is 470 g/mol. The molecular formula is C23H23N3O6S. The first-order valence-corrected chi connectivity index (χ1v) is 11.1. The van der Waals surface area contributed by atoms with E-state index in [9.17, 15) is 19.2 Å². The zero-order valence-corrected chi connectivity index (χ0v) is 18.7. The molecule has 2 amide bonds. The number of benzene rings is 2. The quantitative estimate of drug-likeness (QED) is 0.540. The average Bonchev–Trinajstić information content (AvgIpc) is 3.08. The lowest BCUT2D eigenvalue weighted by Gasteiger charge is -2.16. The van der Waals surface area contributed by atoms with Crippen LogP contribution in [0.15, 0.2) is 59.6 Å². The number of para-hydroxylation sites is 1. The van der Waals surface area contributed by atoms with Gasteiger partial charge in [-0.15, -0.1) is 0 Å². The number of aromatic carboxylic acids is 1. The Bertz CT molecular complexity index is 1060. The summed E-state index contributed by atoms with van der Waals surface area (Å²) >= 11 is 1.20. The number of esters is 1. The van der Waals surface area contributed by atoms with Crippen molar-refractivity contribution in [1.29, 1.82) is 0 Å². The Balaban J connectivity index is 1.68. The van der Waals surface area contributed by atoms with E-state index >= 15 is 0 Å². The van der Waals surface area contributed by atoms with E-state index in [1.807, 2.05) is 30.3 Å². The number of hydrogen-bond acceptors (Lipinski definition) is 7. The van der Waals surface area contributed by atoms with Crippen LogP contribution < -0.4 is 5.32 Å². The molecule has 9 nitrogen and oxygen atoms in total. The molecule has 1 atom stereocenters. The predicted octanol–water partition coefficient (Wildman–Crippen LogP) is 3.30. The van der Waals surface area contributed by atoms with Crippen molar-refractivity contribution in [1.82, 2.24) is 4.90 Å². The van der Waals surface area contributed by atoms with Crippen LogP contribution in [0.5, 0.6) is 0 Å². The number of carboxylic acid groups (broad SMARTS) is 1. The van der Waals surface area contributed by atoms with Gasteiger partial charge in [-0.2, -0.15) is 0 Å². The minimum atomic E-state index is -1.06. The van der Waals surface area contributed by atoms with Crippen LogP contribution in [0.3, 0.4) is 0 Å². The summed E-state index contributed by atoms with van der Waals surface area (Å²) in [6.07, 6.45) is 0.494. The van der Waals surface area contributed by atoms with E-state index in [0.717, 1.165) is 0 Å². The third kappa shape index (κ3) is 6.66. The van der Waals surface area contributed by atoms with Crippen molar-refractivity contribution in [2.24, 2.45) is 4.99 Å². The van der Waals surface area contributed by atoms with E-state index in [0.29, 0.717) is 23.0 Å². The molecule has 1 saturated heterocycles. The number of ether oxygens (including phenoxy) is 1. The Morgan fingerprint density at radius 1 is 1.12 bits per heavy atom. The van der Waals surface area contributed by atoms with Gasteiger partial charge in [-0.25, -0.2) is 9.79 Å². The number of nitrogens with zero attached hydrogens (tertiary/aromatic N) is 2. The Hall–Kier alpha value is -3.66. The number of carbonyl (C=O) groups excluding carboxylic acids is 3. The fraction of sp³-hybridized carbons (Fsp3) is 0.261. The van der Waals surface area contributed by atoms with Crippen molar-refractivity contribution in [2.45, 2.75) is 24.5 Å². The molecule has 33 heavy (non-hydrogen) atoms. The summed E-state index contributed by atoms with van der Waals surface area (Å²) in [4.78, 5) is 54.0. The largest absolute Gasteiger partial charge is 0.478 e. The molecule has 0 radical (unpaired) electrons. The van der Waals surface area contributed by atoms with Crippen molar-refractivity contribution in [3.63, 3.8) is 0 Å².